The van der Waals surface area contributed by atoms with Gasteiger partial charge in [-0.15, -0.1) is 0 Å². The van der Waals surface area contributed by atoms with Crippen LogP contribution in [-0.2, 0) is 27.2 Å². The number of nitrogens with one attached hydrogen (secondary N) is 1. The van der Waals surface area contributed by atoms with Crippen LogP contribution in [0.3, 0.4) is 0 Å². The SMILES string of the molecule is NCc1cccc(C2CCN(C(=O)c3cccc(-c4cccc(B5OC(=O)[C@H](c6cccc7[nH]c(C(=O)N8CCC(c9cccc(CN)c9)CC8)cc67)O5)c4)c3)CC2)c1. The van der Waals surface area contributed by atoms with Gasteiger partial charge < -0.3 is 35.6 Å². The van der Waals surface area contributed by atoms with E-state index in [1.165, 1.54) is 11.1 Å². The molecule has 1 atom stereocenters. The minimum Gasteiger partial charge on any atom is -0.504 e. The number of rotatable bonds is 9. The summed E-state index contributed by atoms with van der Waals surface area (Å²) in [4.78, 5) is 48.0. The zero-order valence-corrected chi connectivity index (χ0v) is 33.0. The van der Waals surface area contributed by atoms with E-state index < -0.39 is 19.2 Å². The third-order valence-corrected chi connectivity index (χ3v) is 12.4. The van der Waals surface area contributed by atoms with Gasteiger partial charge in [-0.1, -0.05) is 97.1 Å². The van der Waals surface area contributed by atoms with E-state index in [-0.39, 0.29) is 11.8 Å². The number of fused-ring (bicyclic) bond motifs is 1. The smallest absolute Gasteiger partial charge is 0.504 e. The Morgan fingerprint density at radius 1 is 0.661 bits per heavy atom. The molecule has 0 radical (unpaired) electrons. The van der Waals surface area contributed by atoms with Crippen LogP contribution in [0.5, 0.6) is 0 Å². The van der Waals surface area contributed by atoms with Crippen molar-refractivity contribution < 1.29 is 23.7 Å². The van der Waals surface area contributed by atoms with Gasteiger partial charge in [0.05, 0.1) is 0 Å². The lowest BCUT2D eigenvalue weighted by atomic mass is 9.78. The molecule has 5 aromatic carbocycles. The van der Waals surface area contributed by atoms with Gasteiger partial charge in [-0.25, -0.2) is 0 Å². The molecule has 5 N–H and O–H groups in total. The predicted octanol–water partition coefficient (Wildman–Crippen LogP) is 6.80. The summed E-state index contributed by atoms with van der Waals surface area (Å²) in [6.45, 7) is 3.73. The van der Waals surface area contributed by atoms with E-state index >= 15 is 0 Å². The summed E-state index contributed by atoms with van der Waals surface area (Å²) in [5, 5.41) is 0.743. The molecule has 0 bridgehead atoms. The highest BCUT2D eigenvalue weighted by atomic mass is 16.7. The van der Waals surface area contributed by atoms with Gasteiger partial charge in [0, 0.05) is 55.7 Å². The lowest BCUT2D eigenvalue weighted by Crippen LogP contribution is -2.38. The Kier molecular flexibility index (Phi) is 10.9. The van der Waals surface area contributed by atoms with Gasteiger partial charge in [-0.05, 0) is 106 Å². The summed E-state index contributed by atoms with van der Waals surface area (Å²) in [7, 11) is -0.925. The zero-order chi connectivity index (χ0) is 40.5. The first-order valence-corrected chi connectivity index (χ1v) is 20.7. The van der Waals surface area contributed by atoms with E-state index in [0.717, 1.165) is 58.8 Å². The molecule has 3 aliphatic heterocycles. The Bertz CT molecular complexity index is 2520. The van der Waals surface area contributed by atoms with Gasteiger partial charge in [-0.2, -0.15) is 0 Å². The minimum absolute atomic E-state index is 0.0196. The summed E-state index contributed by atoms with van der Waals surface area (Å²) in [5.74, 6) is 0.260. The molecule has 298 valence electrons. The van der Waals surface area contributed by atoms with Crippen molar-refractivity contribution in [3.63, 3.8) is 0 Å². The summed E-state index contributed by atoms with van der Waals surface area (Å²) in [6, 6.07) is 39.7. The first-order valence-electron chi connectivity index (χ1n) is 20.7. The van der Waals surface area contributed by atoms with Gasteiger partial charge in [-0.3, -0.25) is 14.4 Å². The number of hydrogen-bond acceptors (Lipinski definition) is 7. The topological polar surface area (TPSA) is 144 Å². The van der Waals surface area contributed by atoms with Crippen molar-refractivity contribution in [1.29, 1.82) is 0 Å². The number of benzene rings is 5. The van der Waals surface area contributed by atoms with Crippen LogP contribution in [0.25, 0.3) is 22.0 Å². The number of amides is 2. The van der Waals surface area contributed by atoms with E-state index in [4.69, 9.17) is 20.8 Å². The molecule has 6 aromatic rings. The van der Waals surface area contributed by atoms with Gasteiger partial charge in [0.15, 0.2) is 6.10 Å². The molecule has 1 aromatic heterocycles. The maximum Gasteiger partial charge on any atom is 0.565 e. The number of nitrogens with zero attached hydrogens (tertiary/aromatic N) is 2. The van der Waals surface area contributed by atoms with Crippen molar-refractivity contribution in [1.82, 2.24) is 14.8 Å². The lowest BCUT2D eigenvalue weighted by molar-refractivity contribution is -0.136. The molecule has 10 nitrogen and oxygen atoms in total. The second-order valence-electron chi connectivity index (χ2n) is 16.0. The summed E-state index contributed by atoms with van der Waals surface area (Å²) >= 11 is 0. The molecule has 2 amide bonds. The van der Waals surface area contributed by atoms with Gasteiger partial charge in [0.1, 0.15) is 5.69 Å². The lowest BCUT2D eigenvalue weighted by Gasteiger charge is -2.32. The zero-order valence-electron chi connectivity index (χ0n) is 33.0. The molecule has 9 rings (SSSR count). The Labute approximate surface area is 344 Å². The van der Waals surface area contributed by atoms with Crippen molar-refractivity contribution in [2.45, 2.75) is 56.7 Å². The van der Waals surface area contributed by atoms with E-state index in [0.29, 0.717) is 73.4 Å². The highest BCUT2D eigenvalue weighted by Gasteiger charge is 2.43. The van der Waals surface area contributed by atoms with Crippen LogP contribution in [-0.4, -0.2) is 65.9 Å². The van der Waals surface area contributed by atoms with E-state index in [2.05, 4.69) is 47.4 Å². The van der Waals surface area contributed by atoms with Gasteiger partial charge >= 0.3 is 13.1 Å². The number of carbonyl (C=O) groups is 3. The number of piperidine rings is 2. The number of aromatic amines is 1. The molecule has 4 heterocycles. The molecule has 59 heavy (non-hydrogen) atoms. The second kappa shape index (κ2) is 16.7. The number of carbonyl (C=O) groups excluding carboxylic acids is 3. The molecular weight excluding hydrogens is 737 g/mol. The highest BCUT2D eigenvalue weighted by Crippen LogP contribution is 2.35. The number of hydrogen-bond donors (Lipinski definition) is 3. The number of likely N-dealkylation sites (tertiary alicyclic amines) is 2. The molecule has 0 saturated carbocycles. The van der Waals surface area contributed by atoms with E-state index in [9.17, 15) is 14.4 Å². The maximum absolute atomic E-state index is 13.7. The normalized spacial score (nSPS) is 17.8. The molecule has 0 unspecified atom stereocenters. The van der Waals surface area contributed by atoms with Crippen molar-refractivity contribution in [2.75, 3.05) is 26.2 Å². The molecule has 3 saturated heterocycles. The third-order valence-electron chi connectivity index (χ3n) is 12.4. The van der Waals surface area contributed by atoms with Crippen LogP contribution in [0.1, 0.15) is 92.3 Å². The summed E-state index contributed by atoms with van der Waals surface area (Å²) in [6.07, 6.45) is 2.61. The van der Waals surface area contributed by atoms with E-state index in [1.807, 2.05) is 88.7 Å². The van der Waals surface area contributed by atoms with Crippen LogP contribution in [0.15, 0.2) is 121 Å². The van der Waals surface area contributed by atoms with Crippen LogP contribution in [0, 0.1) is 0 Å². The summed E-state index contributed by atoms with van der Waals surface area (Å²) < 4.78 is 12.2. The Balaban J connectivity index is 0.858. The average molecular weight is 786 g/mol. The molecule has 3 aliphatic rings. The van der Waals surface area contributed by atoms with Crippen LogP contribution < -0.4 is 16.9 Å². The van der Waals surface area contributed by atoms with Crippen molar-refractivity contribution in [3.8, 4) is 11.1 Å². The molecule has 0 spiro atoms. The first kappa shape index (κ1) is 38.5. The second-order valence-corrected chi connectivity index (χ2v) is 16.0. The monoisotopic (exact) mass is 785 g/mol. The van der Waals surface area contributed by atoms with Crippen molar-refractivity contribution in [2.24, 2.45) is 11.5 Å². The highest BCUT2D eigenvalue weighted by molar-refractivity contribution is 6.64. The molecular formula is C48H48BN5O5. The standard InChI is InChI=1S/C48H48BN5O5/c50-29-31-6-1-8-35(24-31)33-16-20-53(21-17-33)46(55)39-12-3-10-37(26-39)38-11-4-13-40(27-38)49-58-45(48(57)59-49)41-14-5-15-43-42(41)28-44(52-43)47(56)54-22-18-34(19-23-54)36-9-2-7-32(25-36)30-51/h1-15,24-28,33-34,45,52H,16-23,29-30,50-51H2/t45-/m0/s1. The van der Waals surface area contributed by atoms with Crippen LogP contribution in [0.4, 0.5) is 0 Å². The average Bonchev–Trinajstić information content (AvgIpc) is 3.93. The predicted molar refractivity (Wildman–Crippen MR) is 230 cm³/mol. The van der Waals surface area contributed by atoms with Crippen LogP contribution in [0.2, 0.25) is 0 Å². The fourth-order valence-electron chi connectivity index (χ4n) is 9.07. The minimum atomic E-state index is -0.971. The number of aromatic nitrogens is 1. The van der Waals surface area contributed by atoms with Crippen molar-refractivity contribution >= 4 is 41.3 Å². The number of nitrogens with two attached hydrogens (primary N) is 2. The van der Waals surface area contributed by atoms with Gasteiger partial charge in [0.25, 0.3) is 11.8 Å². The van der Waals surface area contributed by atoms with E-state index in [1.54, 1.807) is 0 Å². The Morgan fingerprint density at radius 3 is 1.88 bits per heavy atom. The molecule has 11 heteroatoms. The molecule has 0 aliphatic carbocycles. The molecule has 3 fully saturated rings. The fraction of sp³-hybridized carbons (Fsp3) is 0.271. The Morgan fingerprint density at radius 2 is 1.24 bits per heavy atom. The van der Waals surface area contributed by atoms with Crippen LogP contribution >= 0.6 is 0 Å². The summed E-state index contributed by atoms with van der Waals surface area (Å²) in [5.41, 5.74) is 21.5. The number of H-pyrrole nitrogens is 1. The third kappa shape index (κ3) is 7.93. The van der Waals surface area contributed by atoms with Gasteiger partial charge in [0.2, 0.25) is 0 Å². The Hall–Kier alpha value is -6.01. The van der Waals surface area contributed by atoms with Crippen molar-refractivity contribution in [3.05, 3.63) is 160 Å². The first-order chi connectivity index (χ1) is 28.8. The maximum atomic E-state index is 13.7. The largest absolute Gasteiger partial charge is 0.565 e. The fourth-order valence-corrected chi connectivity index (χ4v) is 9.07. The quantitative estimate of drug-likeness (QED) is 0.137.